The van der Waals surface area contributed by atoms with Crippen LogP contribution in [0.5, 0.6) is 0 Å². The van der Waals surface area contributed by atoms with Crippen molar-refractivity contribution < 1.29 is 9.50 Å². The van der Waals surface area contributed by atoms with Gasteiger partial charge in [0.05, 0.1) is 12.8 Å². The van der Waals surface area contributed by atoms with E-state index < -0.39 is 12.8 Å². The lowest BCUT2D eigenvalue weighted by molar-refractivity contribution is 0.131. The van der Waals surface area contributed by atoms with E-state index in [4.69, 9.17) is 5.11 Å². The summed E-state index contributed by atoms with van der Waals surface area (Å²) in [6.45, 7) is 0.764. The second-order valence-corrected chi connectivity index (χ2v) is 2.14. The molecule has 2 atom stereocenters. The third kappa shape index (κ3) is 0.980. The highest BCUT2D eigenvalue weighted by Gasteiger charge is 2.23. The largest absolute Gasteiger partial charge is 0.391 e. The SMILES string of the molecule is O[C@H]1CNC[C@@H]1CF. The molecule has 1 rings (SSSR count). The Morgan fingerprint density at radius 1 is 1.62 bits per heavy atom. The summed E-state index contributed by atoms with van der Waals surface area (Å²) in [6, 6.07) is 0. The van der Waals surface area contributed by atoms with E-state index in [-0.39, 0.29) is 5.92 Å². The lowest BCUT2D eigenvalue weighted by Gasteiger charge is -2.05. The third-order valence-electron chi connectivity index (χ3n) is 1.50. The Kier molecular flexibility index (Phi) is 1.81. The van der Waals surface area contributed by atoms with Crippen LogP contribution in [0.1, 0.15) is 0 Å². The van der Waals surface area contributed by atoms with Crippen LogP contribution in [0.25, 0.3) is 0 Å². The number of β-amino-alcohol motifs (C(OH)–C–C–N with tert-alkyl or cyclic N) is 1. The minimum absolute atomic E-state index is 0.157. The predicted molar refractivity (Wildman–Crippen MR) is 28.3 cm³/mol. The quantitative estimate of drug-likeness (QED) is 0.489. The van der Waals surface area contributed by atoms with Crippen molar-refractivity contribution in [1.29, 1.82) is 0 Å². The van der Waals surface area contributed by atoms with Gasteiger partial charge in [0.2, 0.25) is 0 Å². The number of alkyl halides is 1. The summed E-state index contributed by atoms with van der Waals surface area (Å²) in [5.41, 5.74) is 0. The van der Waals surface area contributed by atoms with Gasteiger partial charge >= 0.3 is 0 Å². The highest BCUT2D eigenvalue weighted by Crippen LogP contribution is 2.07. The molecule has 0 spiro atoms. The molecule has 2 nitrogen and oxygen atoms in total. The van der Waals surface area contributed by atoms with E-state index in [0.717, 1.165) is 0 Å². The summed E-state index contributed by atoms with van der Waals surface area (Å²) in [4.78, 5) is 0. The van der Waals surface area contributed by atoms with Gasteiger partial charge in [-0.1, -0.05) is 0 Å². The molecule has 1 aliphatic rings. The second kappa shape index (κ2) is 2.42. The van der Waals surface area contributed by atoms with Gasteiger partial charge < -0.3 is 10.4 Å². The van der Waals surface area contributed by atoms with E-state index in [9.17, 15) is 4.39 Å². The second-order valence-electron chi connectivity index (χ2n) is 2.14. The van der Waals surface area contributed by atoms with Gasteiger partial charge in [-0.25, -0.2) is 0 Å². The summed E-state index contributed by atoms with van der Waals surface area (Å²) in [7, 11) is 0. The molecule has 1 saturated heterocycles. The summed E-state index contributed by atoms with van der Waals surface area (Å²) in [5.74, 6) is -0.157. The van der Waals surface area contributed by atoms with Crippen LogP contribution in [0.3, 0.4) is 0 Å². The van der Waals surface area contributed by atoms with Gasteiger partial charge in [0.1, 0.15) is 0 Å². The van der Waals surface area contributed by atoms with Crippen molar-refractivity contribution in [3.63, 3.8) is 0 Å². The fraction of sp³-hybridized carbons (Fsp3) is 1.00. The molecule has 0 aromatic rings. The molecular weight excluding hydrogens is 109 g/mol. The molecule has 1 heterocycles. The lowest BCUT2D eigenvalue weighted by Crippen LogP contribution is -2.19. The van der Waals surface area contributed by atoms with Crippen LogP contribution in [0.15, 0.2) is 0 Å². The number of halogens is 1. The normalized spacial score (nSPS) is 38.2. The number of nitrogens with one attached hydrogen (secondary N) is 1. The van der Waals surface area contributed by atoms with Crippen molar-refractivity contribution in [2.24, 2.45) is 5.92 Å². The fourth-order valence-electron chi connectivity index (χ4n) is 0.877. The molecule has 8 heavy (non-hydrogen) atoms. The van der Waals surface area contributed by atoms with E-state index in [1.165, 1.54) is 0 Å². The lowest BCUT2D eigenvalue weighted by atomic mass is 10.1. The van der Waals surface area contributed by atoms with Crippen molar-refractivity contribution in [2.75, 3.05) is 19.8 Å². The number of hydrogen-bond acceptors (Lipinski definition) is 2. The Balaban J connectivity index is 2.30. The van der Waals surface area contributed by atoms with Crippen LogP contribution in [-0.4, -0.2) is 31.0 Å². The maximum absolute atomic E-state index is 11.7. The highest BCUT2D eigenvalue weighted by molar-refractivity contribution is 4.79. The van der Waals surface area contributed by atoms with E-state index in [2.05, 4.69) is 5.32 Å². The van der Waals surface area contributed by atoms with E-state index in [0.29, 0.717) is 13.1 Å². The smallest absolute Gasteiger partial charge is 0.0959 e. The molecule has 0 aliphatic carbocycles. The molecule has 0 saturated carbocycles. The van der Waals surface area contributed by atoms with Gasteiger partial charge in [0.25, 0.3) is 0 Å². The zero-order valence-electron chi connectivity index (χ0n) is 4.60. The predicted octanol–water partition coefficient (Wildman–Crippen LogP) is -0.464. The maximum atomic E-state index is 11.7. The van der Waals surface area contributed by atoms with E-state index >= 15 is 0 Å². The van der Waals surface area contributed by atoms with Gasteiger partial charge in [0, 0.05) is 19.0 Å². The molecule has 0 bridgehead atoms. The van der Waals surface area contributed by atoms with Crippen molar-refractivity contribution in [3.8, 4) is 0 Å². The fourth-order valence-corrected chi connectivity index (χ4v) is 0.877. The summed E-state index contributed by atoms with van der Waals surface area (Å²) in [5, 5.41) is 11.8. The van der Waals surface area contributed by atoms with Crippen molar-refractivity contribution >= 4 is 0 Å². The summed E-state index contributed by atoms with van der Waals surface area (Å²) in [6.07, 6.45) is -0.458. The number of rotatable bonds is 1. The molecule has 3 heteroatoms. The maximum Gasteiger partial charge on any atom is 0.0959 e. The van der Waals surface area contributed by atoms with E-state index in [1.54, 1.807) is 0 Å². The number of aliphatic hydroxyl groups is 1. The highest BCUT2D eigenvalue weighted by atomic mass is 19.1. The first-order chi connectivity index (χ1) is 3.84. The van der Waals surface area contributed by atoms with Crippen LogP contribution in [0.2, 0.25) is 0 Å². The zero-order chi connectivity index (χ0) is 5.98. The molecule has 0 aromatic carbocycles. The molecule has 48 valence electrons. The molecule has 0 radical (unpaired) electrons. The van der Waals surface area contributed by atoms with Crippen LogP contribution in [-0.2, 0) is 0 Å². The van der Waals surface area contributed by atoms with Crippen LogP contribution in [0.4, 0.5) is 4.39 Å². The Labute approximate surface area is 47.7 Å². The first-order valence-electron chi connectivity index (χ1n) is 2.79. The van der Waals surface area contributed by atoms with E-state index in [1.807, 2.05) is 0 Å². The Hall–Kier alpha value is -0.150. The first kappa shape index (κ1) is 5.98. The number of hydrogen-bond donors (Lipinski definition) is 2. The van der Waals surface area contributed by atoms with Gasteiger partial charge in [-0.15, -0.1) is 0 Å². The molecule has 2 N–H and O–H groups in total. The Bertz CT molecular complexity index is 78.8. The minimum Gasteiger partial charge on any atom is -0.391 e. The van der Waals surface area contributed by atoms with Gasteiger partial charge in [0.15, 0.2) is 0 Å². The van der Waals surface area contributed by atoms with Crippen LogP contribution in [0, 0.1) is 5.92 Å². The molecule has 0 amide bonds. The zero-order valence-corrected chi connectivity index (χ0v) is 4.60. The van der Waals surface area contributed by atoms with Crippen molar-refractivity contribution in [3.05, 3.63) is 0 Å². The van der Waals surface area contributed by atoms with Crippen LogP contribution >= 0.6 is 0 Å². The third-order valence-corrected chi connectivity index (χ3v) is 1.50. The molecule has 1 aliphatic heterocycles. The standard InChI is InChI=1S/C5H10FNO/c6-1-4-2-7-3-5(4)8/h4-5,7-8H,1-3H2/t4-,5-/m0/s1. The molecular formula is C5H10FNO. The first-order valence-corrected chi connectivity index (χ1v) is 2.79. The minimum atomic E-state index is -0.458. The van der Waals surface area contributed by atoms with Crippen LogP contribution < -0.4 is 5.32 Å². The Morgan fingerprint density at radius 2 is 2.38 bits per heavy atom. The summed E-state index contributed by atoms with van der Waals surface area (Å²) >= 11 is 0. The Morgan fingerprint density at radius 3 is 2.62 bits per heavy atom. The molecule has 1 fully saturated rings. The van der Waals surface area contributed by atoms with Crippen molar-refractivity contribution in [2.45, 2.75) is 6.10 Å². The monoisotopic (exact) mass is 119 g/mol. The van der Waals surface area contributed by atoms with Crippen molar-refractivity contribution in [1.82, 2.24) is 5.32 Å². The number of aliphatic hydroxyl groups excluding tert-OH is 1. The van der Waals surface area contributed by atoms with Gasteiger partial charge in [-0.05, 0) is 0 Å². The summed E-state index contributed by atoms with van der Waals surface area (Å²) < 4.78 is 11.7. The average Bonchev–Trinajstić information content (AvgIpc) is 2.14. The van der Waals surface area contributed by atoms with Gasteiger partial charge in [-0.2, -0.15) is 0 Å². The average molecular weight is 119 g/mol. The molecule has 0 aromatic heterocycles. The molecule has 0 unspecified atom stereocenters. The van der Waals surface area contributed by atoms with Gasteiger partial charge in [-0.3, -0.25) is 4.39 Å². The topological polar surface area (TPSA) is 32.3 Å².